The maximum Gasteiger partial charge on any atom is 0.356 e. The van der Waals surface area contributed by atoms with Gasteiger partial charge in [-0.3, -0.25) is 4.79 Å². The Bertz CT molecular complexity index is 1000. The van der Waals surface area contributed by atoms with Crippen molar-refractivity contribution in [2.45, 2.75) is 84.3 Å². The Labute approximate surface area is 200 Å². The summed E-state index contributed by atoms with van der Waals surface area (Å²) in [5.41, 5.74) is 1.06. The fourth-order valence-corrected chi connectivity index (χ4v) is 8.74. The van der Waals surface area contributed by atoms with Gasteiger partial charge >= 0.3 is 11.9 Å². The van der Waals surface area contributed by atoms with Gasteiger partial charge in [0, 0.05) is 18.8 Å². The molecule has 5 rings (SSSR count). The summed E-state index contributed by atoms with van der Waals surface area (Å²) in [6.07, 6.45) is 8.77. The molecule has 34 heavy (non-hydrogen) atoms. The van der Waals surface area contributed by atoms with Crippen molar-refractivity contribution in [3.8, 4) is 0 Å². The van der Waals surface area contributed by atoms with E-state index in [0.717, 1.165) is 44.9 Å². The minimum atomic E-state index is -0.932. The smallest absolute Gasteiger partial charge is 0.356 e. The van der Waals surface area contributed by atoms with Crippen LogP contribution in [0.3, 0.4) is 0 Å². The molecule has 3 fully saturated rings. The molecule has 0 saturated heterocycles. The molecule has 0 aromatic carbocycles. The third kappa shape index (κ3) is 2.89. The number of ether oxygens (including phenoxy) is 2. The van der Waals surface area contributed by atoms with E-state index in [-0.39, 0.29) is 28.8 Å². The van der Waals surface area contributed by atoms with Crippen molar-refractivity contribution in [2.75, 3.05) is 7.11 Å². The van der Waals surface area contributed by atoms with E-state index in [1.807, 2.05) is 0 Å². The van der Waals surface area contributed by atoms with Gasteiger partial charge in [-0.05, 0) is 68.6 Å². The number of carbonyl (C=O) groups is 2. The van der Waals surface area contributed by atoms with Gasteiger partial charge in [-0.15, -0.1) is 0 Å². The number of esters is 2. The molecule has 4 aliphatic carbocycles. The second-order valence-corrected chi connectivity index (χ2v) is 11.5. The summed E-state index contributed by atoms with van der Waals surface area (Å²) in [7, 11) is 1.36. The van der Waals surface area contributed by atoms with Crippen molar-refractivity contribution in [1.82, 2.24) is 0 Å². The molecule has 1 heterocycles. The average molecular weight is 473 g/mol. The maximum atomic E-state index is 12.6. The highest BCUT2D eigenvalue weighted by Gasteiger charge is 2.74. The highest BCUT2D eigenvalue weighted by atomic mass is 16.7. The molecule has 1 aliphatic heterocycles. The average Bonchev–Trinajstić information content (AvgIpc) is 3.31. The third-order valence-corrected chi connectivity index (χ3v) is 10.3. The van der Waals surface area contributed by atoms with Gasteiger partial charge in [0.25, 0.3) is 0 Å². The Morgan fingerprint density at radius 1 is 1.21 bits per heavy atom. The topological polar surface area (TPSA) is 107 Å². The fraction of sp³-hybridized carbons (Fsp3) is 0.769. The van der Waals surface area contributed by atoms with E-state index >= 15 is 0 Å². The number of fused-ring (bicyclic) bond motifs is 7. The summed E-state index contributed by atoms with van der Waals surface area (Å²) in [4.78, 5) is 30.2. The summed E-state index contributed by atoms with van der Waals surface area (Å²) in [6, 6.07) is 0. The van der Waals surface area contributed by atoms with Crippen LogP contribution in [0.15, 0.2) is 22.0 Å². The zero-order valence-corrected chi connectivity index (χ0v) is 20.8. The van der Waals surface area contributed by atoms with Crippen LogP contribution in [0.4, 0.5) is 0 Å². The van der Waals surface area contributed by atoms with Gasteiger partial charge in [0.15, 0.2) is 11.3 Å². The van der Waals surface area contributed by atoms with Crippen molar-refractivity contribution in [1.29, 1.82) is 0 Å². The van der Waals surface area contributed by atoms with Gasteiger partial charge < -0.3 is 19.5 Å². The molecular formula is C26H36N2O6. The van der Waals surface area contributed by atoms with E-state index in [0.29, 0.717) is 29.2 Å². The van der Waals surface area contributed by atoms with E-state index in [9.17, 15) is 14.8 Å². The van der Waals surface area contributed by atoms with E-state index < -0.39 is 11.6 Å². The molecule has 8 atom stereocenters. The Morgan fingerprint density at radius 3 is 2.65 bits per heavy atom. The van der Waals surface area contributed by atoms with E-state index in [1.54, 1.807) is 6.92 Å². The Kier molecular flexibility index (Phi) is 5.37. The van der Waals surface area contributed by atoms with Crippen LogP contribution >= 0.6 is 0 Å². The molecule has 0 aromatic heterocycles. The van der Waals surface area contributed by atoms with Crippen LogP contribution in [0.2, 0.25) is 0 Å². The van der Waals surface area contributed by atoms with Crippen LogP contribution in [0.1, 0.15) is 72.6 Å². The fourth-order valence-electron chi connectivity index (χ4n) is 8.74. The van der Waals surface area contributed by atoms with Gasteiger partial charge in [0.05, 0.1) is 13.0 Å². The molecule has 8 nitrogen and oxygen atoms in total. The van der Waals surface area contributed by atoms with Crippen molar-refractivity contribution in [3.63, 3.8) is 0 Å². The van der Waals surface area contributed by atoms with Crippen molar-refractivity contribution < 1.29 is 29.1 Å². The van der Waals surface area contributed by atoms with Crippen molar-refractivity contribution in [3.05, 3.63) is 11.6 Å². The first-order valence-electron chi connectivity index (χ1n) is 12.5. The molecule has 3 unspecified atom stereocenters. The van der Waals surface area contributed by atoms with Crippen molar-refractivity contribution in [2.24, 2.45) is 44.8 Å². The van der Waals surface area contributed by atoms with Crippen LogP contribution in [0.25, 0.3) is 0 Å². The molecule has 0 radical (unpaired) electrons. The first kappa shape index (κ1) is 23.4. The molecule has 5 aliphatic rings. The minimum absolute atomic E-state index is 0.0213. The molecule has 1 N–H and O–H groups in total. The van der Waals surface area contributed by atoms with Gasteiger partial charge in [-0.1, -0.05) is 35.8 Å². The highest BCUT2D eigenvalue weighted by Crippen LogP contribution is 2.70. The highest BCUT2D eigenvalue weighted by molar-refractivity contribution is 6.38. The van der Waals surface area contributed by atoms with Crippen molar-refractivity contribution >= 4 is 23.4 Å². The van der Waals surface area contributed by atoms with Gasteiger partial charge in [0.2, 0.25) is 0 Å². The summed E-state index contributed by atoms with van der Waals surface area (Å²) in [6.45, 7) is 7.89. The summed E-state index contributed by atoms with van der Waals surface area (Å²) in [5, 5.41) is 17.6. The van der Waals surface area contributed by atoms with E-state index in [1.165, 1.54) is 19.6 Å². The molecular weight excluding hydrogens is 436 g/mol. The number of methoxy groups -OCH3 is 1. The van der Waals surface area contributed by atoms with Crippen LogP contribution in [-0.4, -0.2) is 47.4 Å². The predicted octanol–water partition coefficient (Wildman–Crippen LogP) is 4.26. The maximum absolute atomic E-state index is 12.6. The van der Waals surface area contributed by atoms with Gasteiger partial charge in [-0.25, -0.2) is 4.79 Å². The number of carbonyl (C=O) groups excluding carboxylic acids is 2. The SMILES string of the molecule is COC(=O)C1=NO[C@]2(/C(C)=N\O)[C@H]1CC1C3CC=C4C[C@@H](OC(C)=O)CC[C@]4(C)C3CC[C@@]12C. The first-order valence-corrected chi connectivity index (χ1v) is 12.5. The van der Waals surface area contributed by atoms with Crippen LogP contribution in [0, 0.1) is 34.5 Å². The Morgan fingerprint density at radius 2 is 1.97 bits per heavy atom. The number of rotatable bonds is 3. The lowest BCUT2D eigenvalue weighted by atomic mass is 9.46. The summed E-state index contributed by atoms with van der Waals surface area (Å²) >= 11 is 0. The zero-order chi connectivity index (χ0) is 24.5. The molecule has 0 bridgehead atoms. The first-order chi connectivity index (χ1) is 16.1. The lowest BCUT2D eigenvalue weighted by Crippen LogP contribution is -2.59. The predicted molar refractivity (Wildman–Crippen MR) is 124 cm³/mol. The lowest BCUT2D eigenvalue weighted by molar-refractivity contribution is -0.149. The van der Waals surface area contributed by atoms with Crippen LogP contribution < -0.4 is 0 Å². The number of oxime groups is 2. The Balaban J connectivity index is 1.50. The zero-order valence-electron chi connectivity index (χ0n) is 20.8. The van der Waals surface area contributed by atoms with Crippen LogP contribution in [-0.2, 0) is 23.9 Å². The standard InChI is InChI=1S/C26H36N2O6/c1-14(27-31)26-21(22(28-34-26)23(30)32-5)13-20-18-7-6-16-12-17(33-15(2)29)8-10-24(16,3)19(18)9-11-25(20,26)4/h6,17-21,31H,7-13H2,1-5H3/b27-14-/t17-,18?,19?,20?,21-,24-,25-,26+/m0/s1. The lowest BCUT2D eigenvalue weighted by Gasteiger charge is -2.58. The summed E-state index contributed by atoms with van der Waals surface area (Å²) in [5.74, 6) is 0.284. The molecule has 0 spiro atoms. The van der Waals surface area contributed by atoms with Gasteiger partial charge in [-0.2, -0.15) is 0 Å². The molecule has 186 valence electrons. The van der Waals surface area contributed by atoms with E-state index in [4.69, 9.17) is 14.3 Å². The minimum Gasteiger partial charge on any atom is -0.464 e. The molecule has 0 amide bonds. The molecule has 3 saturated carbocycles. The molecule has 0 aromatic rings. The number of allylic oxidation sites excluding steroid dienone is 1. The van der Waals surface area contributed by atoms with Gasteiger partial charge in [0.1, 0.15) is 11.8 Å². The number of nitrogens with zero attached hydrogens (tertiary/aromatic N) is 2. The normalized spacial score (nSPS) is 45.0. The van der Waals surface area contributed by atoms with E-state index in [2.05, 4.69) is 30.2 Å². The second kappa shape index (κ2) is 7.82. The monoisotopic (exact) mass is 472 g/mol. The second-order valence-electron chi connectivity index (χ2n) is 11.5. The number of hydrogen-bond donors (Lipinski definition) is 1. The Hall–Kier alpha value is -2.38. The third-order valence-electron chi connectivity index (χ3n) is 10.3. The quantitative estimate of drug-likeness (QED) is 0.216. The summed E-state index contributed by atoms with van der Waals surface area (Å²) < 4.78 is 10.6. The molecule has 8 heteroatoms. The van der Waals surface area contributed by atoms with Crippen LogP contribution in [0.5, 0.6) is 0 Å². The largest absolute Gasteiger partial charge is 0.464 e. The number of hydrogen-bond acceptors (Lipinski definition) is 8.